The lowest BCUT2D eigenvalue weighted by atomic mass is 9.99. The number of benzene rings is 2. The monoisotopic (exact) mass is 426 g/mol. The largest absolute Gasteiger partial charge is 0.493 e. The highest BCUT2D eigenvalue weighted by Gasteiger charge is 2.23. The van der Waals surface area contributed by atoms with Crippen LogP contribution in [0.3, 0.4) is 0 Å². The molecule has 1 atom stereocenters. The molecule has 1 aromatic heterocycles. The molecule has 1 aliphatic heterocycles. The van der Waals surface area contributed by atoms with Gasteiger partial charge in [-0.3, -0.25) is 4.98 Å². The fourth-order valence-electron chi connectivity index (χ4n) is 3.87. The zero-order valence-electron chi connectivity index (χ0n) is 18.2. The summed E-state index contributed by atoms with van der Waals surface area (Å²) in [6.07, 6.45) is -0.0732. The smallest absolute Gasteiger partial charge is 0.231 e. The van der Waals surface area contributed by atoms with Gasteiger partial charge in [-0.05, 0) is 19.4 Å². The van der Waals surface area contributed by atoms with E-state index in [2.05, 4.69) is 5.32 Å². The van der Waals surface area contributed by atoms with Gasteiger partial charge in [0.2, 0.25) is 12.5 Å². The minimum Gasteiger partial charge on any atom is -0.493 e. The van der Waals surface area contributed by atoms with E-state index in [-0.39, 0.29) is 6.79 Å². The number of aryl methyl sites for hydroxylation is 1. The van der Waals surface area contributed by atoms with Crippen molar-refractivity contribution < 1.29 is 28.8 Å². The predicted octanol–water partition coefficient (Wildman–Crippen LogP) is 4.35. The van der Waals surface area contributed by atoms with E-state index in [9.17, 15) is 5.11 Å². The Kier molecular flexibility index (Phi) is 5.65. The van der Waals surface area contributed by atoms with Crippen LogP contribution in [0.15, 0.2) is 24.3 Å². The molecule has 0 aliphatic carbocycles. The number of fused-ring (bicyclic) bond motifs is 2. The number of rotatable bonds is 7. The van der Waals surface area contributed by atoms with Crippen molar-refractivity contribution in [1.29, 1.82) is 0 Å². The van der Waals surface area contributed by atoms with E-state index < -0.39 is 6.10 Å². The molecule has 31 heavy (non-hydrogen) atoms. The third-order valence-electron chi connectivity index (χ3n) is 5.28. The lowest BCUT2D eigenvalue weighted by Gasteiger charge is -2.21. The van der Waals surface area contributed by atoms with Crippen molar-refractivity contribution in [2.75, 3.05) is 33.4 Å². The van der Waals surface area contributed by atoms with Gasteiger partial charge in [0.05, 0.1) is 38.6 Å². The van der Waals surface area contributed by atoms with E-state index in [4.69, 9.17) is 28.7 Å². The van der Waals surface area contributed by atoms with Crippen LogP contribution in [0.25, 0.3) is 10.9 Å². The zero-order chi connectivity index (χ0) is 22.1. The number of ether oxygens (including phenoxy) is 5. The fraction of sp³-hybridized carbons (Fsp3) is 0.348. The summed E-state index contributed by atoms with van der Waals surface area (Å²) in [5.74, 6) is 2.85. The van der Waals surface area contributed by atoms with Crippen LogP contribution >= 0.6 is 0 Å². The second-order valence-corrected chi connectivity index (χ2v) is 7.14. The highest BCUT2D eigenvalue weighted by molar-refractivity contribution is 5.97. The fourth-order valence-corrected chi connectivity index (χ4v) is 3.87. The Labute approximate surface area is 180 Å². The summed E-state index contributed by atoms with van der Waals surface area (Å²) in [6, 6.07) is 7.38. The van der Waals surface area contributed by atoms with Crippen molar-refractivity contribution in [3.63, 3.8) is 0 Å². The molecule has 2 aromatic carbocycles. The Balaban J connectivity index is 1.95. The topological polar surface area (TPSA) is 91.3 Å². The molecule has 0 saturated heterocycles. The molecule has 0 amide bonds. The molecule has 0 spiro atoms. The van der Waals surface area contributed by atoms with Crippen molar-refractivity contribution in [3.8, 4) is 28.7 Å². The molecule has 8 heteroatoms. The van der Waals surface area contributed by atoms with Gasteiger partial charge < -0.3 is 34.1 Å². The maximum absolute atomic E-state index is 10.6. The number of nitrogens with zero attached hydrogens (tertiary/aromatic N) is 1. The highest BCUT2D eigenvalue weighted by atomic mass is 16.7. The van der Waals surface area contributed by atoms with Gasteiger partial charge in [-0.2, -0.15) is 0 Å². The van der Waals surface area contributed by atoms with Crippen LogP contribution in [0.5, 0.6) is 28.7 Å². The molecule has 4 rings (SSSR count). The summed E-state index contributed by atoms with van der Waals surface area (Å²) in [5, 5.41) is 14.9. The summed E-state index contributed by atoms with van der Waals surface area (Å²) in [5.41, 5.74) is 3.73. The quantitative estimate of drug-likeness (QED) is 0.576. The number of nitrogens with one attached hydrogen (secondary N) is 1. The van der Waals surface area contributed by atoms with Crippen molar-refractivity contribution in [1.82, 2.24) is 4.98 Å². The number of hydrogen-bond acceptors (Lipinski definition) is 8. The normalized spacial score (nSPS) is 13.2. The van der Waals surface area contributed by atoms with Crippen LogP contribution < -0.4 is 29.0 Å². The van der Waals surface area contributed by atoms with Crippen LogP contribution in [-0.2, 0) is 6.42 Å². The molecular weight excluding hydrogens is 400 g/mol. The minimum absolute atomic E-state index is 0.172. The van der Waals surface area contributed by atoms with Crippen molar-refractivity contribution >= 4 is 22.3 Å². The number of aliphatic hydroxyl groups is 1. The SMILES string of the molecule is CCc1nc2cc3c(cc2c(Nc2cc(OC)c(OC)c(OC)c2)c1C(C)O)OCO3. The first-order valence-corrected chi connectivity index (χ1v) is 10.0. The Morgan fingerprint density at radius 2 is 1.68 bits per heavy atom. The average Bonchev–Trinajstić information content (AvgIpc) is 3.23. The molecule has 1 unspecified atom stereocenters. The van der Waals surface area contributed by atoms with Crippen LogP contribution in [0.4, 0.5) is 11.4 Å². The Bertz CT molecular complexity index is 1100. The first-order chi connectivity index (χ1) is 15.0. The molecule has 3 aromatic rings. The van der Waals surface area contributed by atoms with Crippen molar-refractivity contribution in [3.05, 3.63) is 35.5 Å². The second-order valence-electron chi connectivity index (χ2n) is 7.14. The Morgan fingerprint density at radius 1 is 1.03 bits per heavy atom. The first kappa shape index (κ1) is 20.9. The molecule has 0 radical (unpaired) electrons. The summed E-state index contributed by atoms with van der Waals surface area (Å²) >= 11 is 0. The maximum Gasteiger partial charge on any atom is 0.231 e. The number of aromatic nitrogens is 1. The molecule has 1 aliphatic rings. The molecular formula is C23H26N2O6. The van der Waals surface area contributed by atoms with Crippen LogP contribution in [0.2, 0.25) is 0 Å². The Morgan fingerprint density at radius 3 is 2.23 bits per heavy atom. The van der Waals surface area contributed by atoms with Gasteiger partial charge in [-0.25, -0.2) is 0 Å². The van der Waals surface area contributed by atoms with Gasteiger partial charge in [-0.1, -0.05) is 6.92 Å². The molecule has 8 nitrogen and oxygen atoms in total. The average molecular weight is 426 g/mol. The van der Waals surface area contributed by atoms with Crippen LogP contribution in [0.1, 0.15) is 31.2 Å². The summed E-state index contributed by atoms with van der Waals surface area (Å²) in [4.78, 5) is 4.78. The van der Waals surface area contributed by atoms with E-state index >= 15 is 0 Å². The molecule has 164 valence electrons. The number of aliphatic hydroxyl groups excluding tert-OH is 1. The molecule has 2 heterocycles. The van der Waals surface area contributed by atoms with Gasteiger partial charge in [0.25, 0.3) is 0 Å². The van der Waals surface area contributed by atoms with E-state index in [0.29, 0.717) is 40.9 Å². The predicted molar refractivity (Wildman–Crippen MR) is 117 cm³/mol. The van der Waals surface area contributed by atoms with Crippen LogP contribution in [-0.4, -0.2) is 38.2 Å². The minimum atomic E-state index is -0.734. The van der Waals surface area contributed by atoms with E-state index in [1.807, 2.05) is 31.2 Å². The number of hydrogen-bond donors (Lipinski definition) is 2. The van der Waals surface area contributed by atoms with E-state index in [0.717, 1.165) is 27.8 Å². The van der Waals surface area contributed by atoms with Crippen molar-refractivity contribution in [2.45, 2.75) is 26.4 Å². The third-order valence-corrected chi connectivity index (χ3v) is 5.28. The van der Waals surface area contributed by atoms with Crippen molar-refractivity contribution in [2.24, 2.45) is 0 Å². The molecule has 0 bridgehead atoms. The highest BCUT2D eigenvalue weighted by Crippen LogP contribution is 2.44. The number of anilines is 2. The second kappa shape index (κ2) is 8.39. The van der Waals surface area contributed by atoms with E-state index in [1.165, 1.54) is 0 Å². The van der Waals surface area contributed by atoms with Gasteiger partial charge in [0.15, 0.2) is 23.0 Å². The lowest BCUT2D eigenvalue weighted by Crippen LogP contribution is -2.08. The van der Waals surface area contributed by atoms with Gasteiger partial charge in [0, 0.05) is 40.5 Å². The molecule has 2 N–H and O–H groups in total. The number of pyridine rings is 1. The molecule has 0 fully saturated rings. The summed E-state index contributed by atoms with van der Waals surface area (Å²) < 4.78 is 27.5. The maximum atomic E-state index is 10.6. The standard InChI is InChI=1S/C23H26N2O6/c1-6-15-21(12(2)26)22(14-9-17-18(31-11-30-17)10-16(14)25-15)24-13-7-19(27-3)23(29-5)20(8-13)28-4/h7-10,12,26H,6,11H2,1-5H3,(H,24,25). The molecule has 0 saturated carbocycles. The summed E-state index contributed by atoms with van der Waals surface area (Å²) in [6.45, 7) is 3.91. The van der Waals surface area contributed by atoms with Crippen LogP contribution in [0, 0.1) is 0 Å². The lowest BCUT2D eigenvalue weighted by molar-refractivity contribution is 0.174. The Hall–Kier alpha value is -3.39. The first-order valence-electron chi connectivity index (χ1n) is 10.0. The zero-order valence-corrected chi connectivity index (χ0v) is 18.2. The third kappa shape index (κ3) is 3.63. The van der Waals surface area contributed by atoms with E-state index in [1.54, 1.807) is 28.3 Å². The van der Waals surface area contributed by atoms with Gasteiger partial charge in [0.1, 0.15) is 0 Å². The van der Waals surface area contributed by atoms with Gasteiger partial charge >= 0.3 is 0 Å². The summed E-state index contributed by atoms with van der Waals surface area (Å²) in [7, 11) is 4.70. The van der Waals surface area contributed by atoms with Gasteiger partial charge in [-0.15, -0.1) is 0 Å². The number of methoxy groups -OCH3 is 3.